The van der Waals surface area contributed by atoms with Gasteiger partial charge in [-0.15, -0.1) is 12.4 Å². The minimum atomic E-state index is 0. The summed E-state index contributed by atoms with van der Waals surface area (Å²) in [5, 5.41) is 0. The van der Waals surface area contributed by atoms with Gasteiger partial charge in [0.2, 0.25) is 5.91 Å². The molecule has 0 bridgehead atoms. The van der Waals surface area contributed by atoms with Crippen LogP contribution in [0.5, 0.6) is 0 Å². The van der Waals surface area contributed by atoms with Gasteiger partial charge in [-0.3, -0.25) is 4.79 Å². The number of carbonyl (C=O) groups excluding carboxylic acids is 1. The molecule has 0 aromatic rings. The van der Waals surface area contributed by atoms with Crippen LogP contribution in [-0.2, 0) is 4.79 Å². The van der Waals surface area contributed by atoms with Gasteiger partial charge in [0.05, 0.1) is 0 Å². The molecule has 0 aliphatic rings. The average Bonchev–Trinajstić information content (AvgIpc) is 1.68. The van der Waals surface area contributed by atoms with Crippen molar-refractivity contribution >= 4 is 30.3 Å². The van der Waals surface area contributed by atoms with Gasteiger partial charge in [0, 0.05) is 12.7 Å². The Hall–Kier alpha value is 0.110. The van der Waals surface area contributed by atoms with Crippen molar-refractivity contribution in [3.05, 3.63) is 0 Å². The summed E-state index contributed by atoms with van der Waals surface area (Å²) in [5.41, 5.74) is 0. The van der Waals surface area contributed by atoms with E-state index in [0.29, 0.717) is 6.42 Å². The number of nitrogens with one attached hydrogen (secondary N) is 1. The Labute approximate surface area is 66.3 Å². The topological polar surface area (TPSA) is 29.1 Å². The molecule has 0 fully saturated rings. The normalized spacial score (nSPS) is 7.78. The van der Waals surface area contributed by atoms with E-state index in [9.17, 15) is 4.79 Å². The maximum atomic E-state index is 10.5. The lowest BCUT2D eigenvalue weighted by Gasteiger charge is -1.95. The Morgan fingerprint density at radius 1 is 1.67 bits per heavy atom. The Bertz CT molecular complexity index is 71.4. The highest BCUT2D eigenvalue weighted by atomic mass is 35.5. The summed E-state index contributed by atoms with van der Waals surface area (Å²) in [5.74, 6) is 0.125. The van der Waals surface area contributed by atoms with E-state index >= 15 is 0 Å². The number of hydrogen-bond acceptors (Lipinski definition) is 2. The van der Waals surface area contributed by atoms with Gasteiger partial charge >= 0.3 is 0 Å². The zero-order valence-electron chi connectivity index (χ0n) is 5.64. The quantitative estimate of drug-likeness (QED) is 0.651. The van der Waals surface area contributed by atoms with Crippen molar-refractivity contribution in [2.75, 3.05) is 6.26 Å². The van der Waals surface area contributed by atoms with Gasteiger partial charge in [-0.1, -0.05) is 18.9 Å². The summed E-state index contributed by atoms with van der Waals surface area (Å²) in [6.07, 6.45) is 3.40. The molecule has 1 amide bonds. The maximum absolute atomic E-state index is 10.5. The van der Waals surface area contributed by atoms with E-state index in [1.54, 1.807) is 0 Å². The SMILES string of the molecule is CCCC(=O)NSC.Cl. The zero-order valence-corrected chi connectivity index (χ0v) is 7.27. The lowest BCUT2D eigenvalue weighted by atomic mass is 10.3. The summed E-state index contributed by atoms with van der Waals surface area (Å²) in [7, 11) is 0. The molecule has 0 unspecified atom stereocenters. The van der Waals surface area contributed by atoms with Gasteiger partial charge in [-0.2, -0.15) is 0 Å². The molecule has 0 aromatic heterocycles. The molecular formula is C5H12ClNOS. The molecule has 0 aliphatic carbocycles. The van der Waals surface area contributed by atoms with Gasteiger partial charge in [-0.05, 0) is 6.42 Å². The van der Waals surface area contributed by atoms with Gasteiger partial charge < -0.3 is 4.72 Å². The minimum Gasteiger partial charge on any atom is -0.300 e. The molecule has 0 saturated heterocycles. The number of amides is 1. The first-order valence-electron chi connectivity index (χ1n) is 2.63. The van der Waals surface area contributed by atoms with E-state index in [1.165, 1.54) is 11.9 Å². The van der Waals surface area contributed by atoms with Crippen LogP contribution in [0, 0.1) is 0 Å². The number of hydrogen-bond donors (Lipinski definition) is 1. The molecule has 0 spiro atoms. The average molecular weight is 170 g/mol. The smallest absolute Gasteiger partial charge is 0.229 e. The van der Waals surface area contributed by atoms with E-state index < -0.39 is 0 Å². The molecule has 0 heterocycles. The van der Waals surface area contributed by atoms with Crippen LogP contribution < -0.4 is 4.72 Å². The maximum Gasteiger partial charge on any atom is 0.229 e. The Balaban J connectivity index is 0. The first kappa shape index (κ1) is 11.9. The monoisotopic (exact) mass is 169 g/mol. The van der Waals surface area contributed by atoms with Crippen LogP contribution in [0.25, 0.3) is 0 Å². The van der Waals surface area contributed by atoms with Crippen LogP contribution in [0.1, 0.15) is 19.8 Å². The molecular weight excluding hydrogens is 158 g/mol. The molecule has 9 heavy (non-hydrogen) atoms. The molecule has 0 saturated carbocycles. The first-order chi connectivity index (χ1) is 3.81. The van der Waals surface area contributed by atoms with Gasteiger partial charge in [-0.25, -0.2) is 0 Å². The first-order valence-corrected chi connectivity index (χ1v) is 3.85. The molecule has 0 rings (SSSR count). The second kappa shape index (κ2) is 8.11. The summed E-state index contributed by atoms with van der Waals surface area (Å²) >= 11 is 1.35. The van der Waals surface area contributed by atoms with Crippen molar-refractivity contribution in [3.8, 4) is 0 Å². The highest BCUT2D eigenvalue weighted by molar-refractivity contribution is 7.97. The number of carbonyl (C=O) groups is 1. The van der Waals surface area contributed by atoms with Crippen LogP contribution in [0.15, 0.2) is 0 Å². The predicted molar refractivity (Wildman–Crippen MR) is 43.8 cm³/mol. The van der Waals surface area contributed by atoms with Gasteiger partial charge in [0.25, 0.3) is 0 Å². The van der Waals surface area contributed by atoms with Crippen LogP contribution in [-0.4, -0.2) is 12.2 Å². The Morgan fingerprint density at radius 3 is 2.56 bits per heavy atom. The molecule has 0 aliphatic heterocycles. The molecule has 0 atom stereocenters. The van der Waals surface area contributed by atoms with Crippen LogP contribution in [0.2, 0.25) is 0 Å². The van der Waals surface area contributed by atoms with Crippen LogP contribution >= 0.6 is 24.4 Å². The van der Waals surface area contributed by atoms with E-state index in [2.05, 4.69) is 4.72 Å². The third kappa shape index (κ3) is 8.11. The van der Waals surface area contributed by atoms with Crippen LogP contribution in [0.3, 0.4) is 0 Å². The van der Waals surface area contributed by atoms with Crippen molar-refractivity contribution in [1.29, 1.82) is 0 Å². The summed E-state index contributed by atoms with van der Waals surface area (Å²) in [6, 6.07) is 0. The second-order valence-electron chi connectivity index (χ2n) is 1.48. The summed E-state index contributed by atoms with van der Waals surface area (Å²) in [6.45, 7) is 1.99. The molecule has 1 N–H and O–H groups in total. The fourth-order valence-electron chi connectivity index (χ4n) is 0.392. The minimum absolute atomic E-state index is 0. The largest absolute Gasteiger partial charge is 0.300 e. The van der Waals surface area contributed by atoms with Crippen LogP contribution in [0.4, 0.5) is 0 Å². The second-order valence-corrected chi connectivity index (χ2v) is 2.09. The third-order valence-electron chi connectivity index (χ3n) is 0.693. The van der Waals surface area contributed by atoms with Crippen molar-refractivity contribution in [3.63, 3.8) is 0 Å². The van der Waals surface area contributed by atoms with E-state index in [0.717, 1.165) is 6.42 Å². The number of halogens is 1. The summed E-state index contributed by atoms with van der Waals surface area (Å²) < 4.78 is 2.62. The number of rotatable bonds is 3. The Morgan fingerprint density at radius 2 is 2.22 bits per heavy atom. The van der Waals surface area contributed by atoms with Crippen molar-refractivity contribution in [2.24, 2.45) is 0 Å². The van der Waals surface area contributed by atoms with Gasteiger partial charge in [0.1, 0.15) is 0 Å². The molecule has 0 radical (unpaired) electrons. The zero-order chi connectivity index (χ0) is 6.41. The fourth-order valence-corrected chi connectivity index (χ4v) is 0.722. The Kier molecular flexibility index (Phi) is 10.7. The highest BCUT2D eigenvalue weighted by Gasteiger charge is 1.93. The van der Waals surface area contributed by atoms with Gasteiger partial charge in [0.15, 0.2) is 0 Å². The molecule has 56 valence electrons. The highest BCUT2D eigenvalue weighted by Crippen LogP contribution is 1.89. The van der Waals surface area contributed by atoms with Crippen molar-refractivity contribution in [2.45, 2.75) is 19.8 Å². The van der Waals surface area contributed by atoms with Crippen molar-refractivity contribution < 1.29 is 4.79 Å². The lowest BCUT2D eigenvalue weighted by molar-refractivity contribution is -0.119. The van der Waals surface area contributed by atoms with Crippen molar-refractivity contribution in [1.82, 2.24) is 4.72 Å². The molecule has 4 heteroatoms. The molecule has 0 aromatic carbocycles. The predicted octanol–water partition coefficient (Wildman–Crippen LogP) is 1.60. The fraction of sp³-hybridized carbons (Fsp3) is 0.800. The van der Waals surface area contributed by atoms with E-state index in [1.807, 2.05) is 13.2 Å². The van der Waals surface area contributed by atoms with E-state index in [-0.39, 0.29) is 18.3 Å². The van der Waals surface area contributed by atoms with E-state index in [4.69, 9.17) is 0 Å². The molecule has 2 nitrogen and oxygen atoms in total. The standard InChI is InChI=1S/C5H11NOS.ClH/c1-3-4-5(7)6-8-2;/h3-4H2,1-2H3,(H,6,7);1H. The third-order valence-corrected chi connectivity index (χ3v) is 1.12. The lowest BCUT2D eigenvalue weighted by Crippen LogP contribution is -2.13. The summed E-state index contributed by atoms with van der Waals surface area (Å²) in [4.78, 5) is 10.5.